The first-order valence-corrected chi connectivity index (χ1v) is 7.40. The van der Waals surface area contributed by atoms with Gasteiger partial charge in [0.1, 0.15) is 17.3 Å². The van der Waals surface area contributed by atoms with E-state index in [1.807, 2.05) is 6.07 Å². The van der Waals surface area contributed by atoms with E-state index in [1.165, 1.54) is 18.4 Å². The van der Waals surface area contributed by atoms with E-state index in [-0.39, 0.29) is 11.3 Å². The molecule has 0 fully saturated rings. The van der Waals surface area contributed by atoms with Gasteiger partial charge in [-0.1, -0.05) is 11.6 Å². The van der Waals surface area contributed by atoms with Crippen molar-refractivity contribution < 1.29 is 13.6 Å². The Bertz CT molecular complexity index is 637. The molecular weight excluding hydrogens is 318 g/mol. The largest absolute Gasteiger partial charge is 0.383 e. The van der Waals surface area contributed by atoms with E-state index in [1.54, 1.807) is 6.07 Å². The van der Waals surface area contributed by atoms with Crippen molar-refractivity contribution in [1.29, 1.82) is 0 Å². The van der Waals surface area contributed by atoms with Gasteiger partial charge in [-0.3, -0.25) is 4.79 Å². The van der Waals surface area contributed by atoms with E-state index < -0.39 is 17.5 Å². The molecule has 0 aliphatic carbocycles. The fourth-order valence-corrected chi connectivity index (χ4v) is 2.92. The van der Waals surface area contributed by atoms with Crippen LogP contribution >= 0.6 is 22.9 Å². The second-order valence-corrected chi connectivity index (χ2v) is 6.08. The summed E-state index contributed by atoms with van der Waals surface area (Å²) in [6, 6.07) is 5.67. The number of benzene rings is 1. The Kier molecular flexibility index (Phi) is 5.14. The molecule has 0 aliphatic rings. The molecule has 0 radical (unpaired) electrons. The maximum atomic E-state index is 13.6. The van der Waals surface area contributed by atoms with Crippen molar-refractivity contribution in [2.45, 2.75) is 6.42 Å². The minimum Gasteiger partial charge on any atom is -0.383 e. The van der Waals surface area contributed by atoms with Gasteiger partial charge in [-0.2, -0.15) is 0 Å². The van der Waals surface area contributed by atoms with Crippen LogP contribution in [0.15, 0.2) is 24.3 Å². The van der Waals surface area contributed by atoms with E-state index >= 15 is 0 Å². The second kappa shape index (κ2) is 6.87. The van der Waals surface area contributed by atoms with Gasteiger partial charge < -0.3 is 10.6 Å². The molecule has 3 nitrogen and oxygen atoms in total. The zero-order chi connectivity index (χ0) is 15.4. The monoisotopic (exact) mass is 330 g/mol. The minimum atomic E-state index is -0.798. The molecule has 2 N–H and O–H groups in total. The Morgan fingerprint density at radius 3 is 2.48 bits per heavy atom. The zero-order valence-corrected chi connectivity index (χ0v) is 12.7. The summed E-state index contributed by atoms with van der Waals surface area (Å²) < 4.78 is 27.8. The average Bonchev–Trinajstić information content (AvgIpc) is 2.84. The van der Waals surface area contributed by atoms with Crippen LogP contribution in [-0.4, -0.2) is 19.5 Å². The van der Waals surface area contributed by atoms with Crippen LogP contribution in [0.4, 0.5) is 14.5 Å². The highest BCUT2D eigenvalue weighted by atomic mass is 35.5. The first-order chi connectivity index (χ1) is 10.0. The second-order valence-electron chi connectivity index (χ2n) is 4.28. The maximum Gasteiger partial charge on any atom is 0.251 e. The average molecular weight is 331 g/mol. The van der Waals surface area contributed by atoms with Crippen LogP contribution in [0.25, 0.3) is 0 Å². The molecule has 0 atom stereocenters. The molecule has 0 saturated heterocycles. The van der Waals surface area contributed by atoms with Crippen LogP contribution in [0.5, 0.6) is 0 Å². The predicted molar refractivity (Wildman–Crippen MR) is 81.3 cm³/mol. The molecule has 0 saturated carbocycles. The first kappa shape index (κ1) is 15.7. The van der Waals surface area contributed by atoms with Crippen molar-refractivity contribution in [2.24, 2.45) is 0 Å². The molecule has 112 valence electrons. The highest BCUT2D eigenvalue weighted by Crippen LogP contribution is 2.22. The van der Waals surface area contributed by atoms with Crippen molar-refractivity contribution in [3.63, 3.8) is 0 Å². The number of amides is 1. The molecule has 1 heterocycles. The van der Waals surface area contributed by atoms with Crippen LogP contribution in [0, 0.1) is 11.6 Å². The van der Waals surface area contributed by atoms with Crippen LogP contribution < -0.4 is 10.6 Å². The fourth-order valence-electron chi connectivity index (χ4n) is 1.83. The van der Waals surface area contributed by atoms with Crippen LogP contribution in [0.1, 0.15) is 15.2 Å². The van der Waals surface area contributed by atoms with E-state index in [9.17, 15) is 13.6 Å². The highest BCUT2D eigenvalue weighted by molar-refractivity contribution is 7.16. The zero-order valence-electron chi connectivity index (χ0n) is 11.2. The number of hydrogen-bond acceptors (Lipinski definition) is 3. The van der Waals surface area contributed by atoms with Crippen molar-refractivity contribution in [1.82, 2.24) is 5.32 Å². The third kappa shape index (κ3) is 3.92. The Morgan fingerprint density at radius 2 is 1.95 bits per heavy atom. The maximum absolute atomic E-state index is 13.6. The van der Waals surface area contributed by atoms with E-state index in [0.717, 1.165) is 17.0 Å². The Hall–Kier alpha value is -1.66. The Labute approximate surface area is 129 Å². The molecule has 1 amide bonds. The topological polar surface area (TPSA) is 41.1 Å². The fraction of sp³-hybridized carbons (Fsp3) is 0.214. The van der Waals surface area contributed by atoms with Crippen molar-refractivity contribution in [3.8, 4) is 0 Å². The molecule has 0 aliphatic heterocycles. The van der Waals surface area contributed by atoms with Crippen LogP contribution in [0.2, 0.25) is 4.34 Å². The number of nitrogens with one attached hydrogen (secondary N) is 2. The normalized spacial score (nSPS) is 10.5. The summed E-state index contributed by atoms with van der Waals surface area (Å²) >= 11 is 7.23. The molecule has 7 heteroatoms. The van der Waals surface area contributed by atoms with Gasteiger partial charge in [0, 0.05) is 24.0 Å². The van der Waals surface area contributed by atoms with Gasteiger partial charge in [0.15, 0.2) is 0 Å². The third-order valence-electron chi connectivity index (χ3n) is 2.84. The molecule has 21 heavy (non-hydrogen) atoms. The molecule has 2 rings (SSSR count). The van der Waals surface area contributed by atoms with Crippen molar-refractivity contribution in [3.05, 3.63) is 50.7 Å². The summed E-state index contributed by atoms with van der Waals surface area (Å²) in [6.07, 6.45) is 0.614. The van der Waals surface area contributed by atoms with Gasteiger partial charge in [0.05, 0.1) is 4.34 Å². The summed E-state index contributed by atoms with van der Waals surface area (Å²) in [5.74, 6) is -2.11. The smallest absolute Gasteiger partial charge is 0.251 e. The standard InChI is InChI=1S/C14H13ClF2N2OS/c1-18-13-10(16)6-8(7-11(13)17)14(20)19-5-4-9-2-3-12(15)21-9/h2-3,6-7,18H,4-5H2,1H3,(H,19,20). The molecule has 1 aromatic carbocycles. The molecule has 0 bridgehead atoms. The summed E-state index contributed by atoms with van der Waals surface area (Å²) in [7, 11) is 1.41. The number of rotatable bonds is 5. The lowest BCUT2D eigenvalue weighted by Gasteiger charge is -2.08. The lowest BCUT2D eigenvalue weighted by atomic mass is 10.1. The van der Waals surface area contributed by atoms with Gasteiger partial charge in [-0.25, -0.2) is 8.78 Å². The van der Waals surface area contributed by atoms with E-state index in [2.05, 4.69) is 10.6 Å². The SMILES string of the molecule is CNc1c(F)cc(C(=O)NCCc2ccc(Cl)s2)cc1F. The Balaban J connectivity index is 1.97. The summed E-state index contributed by atoms with van der Waals surface area (Å²) in [5.41, 5.74) is -0.298. The highest BCUT2D eigenvalue weighted by Gasteiger charge is 2.14. The van der Waals surface area contributed by atoms with Crippen molar-refractivity contribution >= 4 is 34.5 Å². The molecular formula is C14H13ClF2N2OS. The van der Waals surface area contributed by atoms with Gasteiger partial charge >= 0.3 is 0 Å². The Morgan fingerprint density at radius 1 is 1.29 bits per heavy atom. The molecule has 0 spiro atoms. The van der Waals surface area contributed by atoms with Crippen LogP contribution in [-0.2, 0) is 6.42 Å². The lowest BCUT2D eigenvalue weighted by Crippen LogP contribution is -2.25. The number of thiophene rings is 1. The first-order valence-electron chi connectivity index (χ1n) is 6.20. The summed E-state index contributed by atoms with van der Waals surface area (Å²) in [5, 5.41) is 5.02. The van der Waals surface area contributed by atoms with Gasteiger partial charge in [0.25, 0.3) is 5.91 Å². The third-order valence-corrected chi connectivity index (χ3v) is 4.13. The van der Waals surface area contributed by atoms with E-state index in [0.29, 0.717) is 17.3 Å². The van der Waals surface area contributed by atoms with Crippen molar-refractivity contribution in [2.75, 3.05) is 18.9 Å². The quantitative estimate of drug-likeness (QED) is 0.877. The summed E-state index contributed by atoms with van der Waals surface area (Å²) in [6.45, 7) is 0.368. The van der Waals surface area contributed by atoms with Gasteiger partial charge in [0.2, 0.25) is 0 Å². The predicted octanol–water partition coefficient (Wildman–Crippen LogP) is 3.69. The molecule has 0 unspecified atom stereocenters. The summed E-state index contributed by atoms with van der Waals surface area (Å²) in [4.78, 5) is 12.9. The van der Waals surface area contributed by atoms with E-state index in [4.69, 9.17) is 11.6 Å². The molecule has 2 aromatic rings. The number of halogens is 3. The number of carbonyl (C=O) groups is 1. The molecule has 1 aromatic heterocycles. The number of anilines is 1. The van der Waals surface area contributed by atoms with Gasteiger partial charge in [-0.05, 0) is 30.7 Å². The van der Waals surface area contributed by atoms with Crippen LogP contribution in [0.3, 0.4) is 0 Å². The minimum absolute atomic E-state index is 0.0480. The number of carbonyl (C=O) groups excluding carboxylic acids is 1. The van der Waals surface area contributed by atoms with Gasteiger partial charge in [-0.15, -0.1) is 11.3 Å². The number of hydrogen-bond donors (Lipinski definition) is 2. The lowest BCUT2D eigenvalue weighted by molar-refractivity contribution is 0.0953.